The molecule has 2 atom stereocenters. The van der Waals surface area contributed by atoms with Crippen LogP contribution in [0.5, 0.6) is 0 Å². The number of rotatable bonds is 4. The number of hydrogen-bond donors (Lipinski definition) is 1. The first-order valence-electron chi connectivity index (χ1n) is 5.33. The summed E-state index contributed by atoms with van der Waals surface area (Å²) < 4.78 is 10.3. The number of nitrogens with zero attached hydrogens (tertiary/aromatic N) is 2. The second-order valence-corrected chi connectivity index (χ2v) is 5.52. The molecule has 1 saturated heterocycles. The van der Waals surface area contributed by atoms with Crippen molar-refractivity contribution in [2.45, 2.75) is 24.8 Å². The van der Waals surface area contributed by atoms with Crippen LogP contribution in [-0.4, -0.2) is 35.4 Å². The van der Waals surface area contributed by atoms with Gasteiger partial charge in [0.1, 0.15) is 5.54 Å². The van der Waals surface area contributed by atoms with Gasteiger partial charge in [-0.2, -0.15) is 16.7 Å². The third-order valence-electron chi connectivity index (χ3n) is 2.68. The average molecular weight is 243 g/mol. The van der Waals surface area contributed by atoms with Crippen LogP contribution in [0.4, 0.5) is 0 Å². The molecule has 1 aliphatic rings. The molecule has 2 N–H and O–H groups in total. The number of ether oxygens (including phenoxy) is 1. The fourth-order valence-corrected chi connectivity index (χ4v) is 2.94. The number of aromatic nitrogens is 2. The van der Waals surface area contributed by atoms with Crippen molar-refractivity contribution in [2.75, 3.05) is 25.2 Å². The van der Waals surface area contributed by atoms with Crippen molar-refractivity contribution in [3.05, 3.63) is 11.7 Å². The summed E-state index contributed by atoms with van der Waals surface area (Å²) in [6, 6.07) is 0. The van der Waals surface area contributed by atoms with Crippen LogP contribution in [-0.2, 0) is 10.3 Å². The Hall–Kier alpha value is -0.590. The van der Waals surface area contributed by atoms with E-state index in [-0.39, 0.29) is 0 Å². The summed E-state index contributed by atoms with van der Waals surface area (Å²) in [4.78, 5) is 4.39. The summed E-state index contributed by atoms with van der Waals surface area (Å²) in [7, 11) is 1.61. The van der Waals surface area contributed by atoms with Crippen LogP contribution in [0.15, 0.2) is 4.52 Å². The third-order valence-corrected chi connectivity index (χ3v) is 3.84. The van der Waals surface area contributed by atoms with E-state index in [1.165, 1.54) is 5.75 Å². The highest BCUT2D eigenvalue weighted by atomic mass is 32.2. The average Bonchev–Trinajstić information content (AvgIpc) is 2.89. The summed E-state index contributed by atoms with van der Waals surface area (Å²) in [5.41, 5.74) is 5.37. The van der Waals surface area contributed by atoms with Crippen LogP contribution in [0, 0.1) is 0 Å². The van der Waals surface area contributed by atoms with E-state index < -0.39 is 5.54 Å². The SMILES string of the molecule is COCC(C)(N)c1noc(C2CCSC2)n1. The van der Waals surface area contributed by atoms with Crippen molar-refractivity contribution in [1.82, 2.24) is 10.1 Å². The molecule has 2 rings (SSSR count). The fraction of sp³-hybridized carbons (Fsp3) is 0.800. The smallest absolute Gasteiger partial charge is 0.230 e. The normalized spacial score (nSPS) is 24.6. The summed E-state index contributed by atoms with van der Waals surface area (Å²) >= 11 is 1.92. The molecular weight excluding hydrogens is 226 g/mol. The molecule has 6 heteroatoms. The Morgan fingerprint density at radius 3 is 3.12 bits per heavy atom. The van der Waals surface area contributed by atoms with Crippen LogP contribution in [0.2, 0.25) is 0 Å². The van der Waals surface area contributed by atoms with Gasteiger partial charge < -0.3 is 15.0 Å². The lowest BCUT2D eigenvalue weighted by Crippen LogP contribution is -2.39. The highest BCUT2D eigenvalue weighted by molar-refractivity contribution is 7.99. The first kappa shape index (κ1) is 11.9. The lowest BCUT2D eigenvalue weighted by molar-refractivity contribution is 0.135. The Labute approximate surface area is 99.1 Å². The maximum Gasteiger partial charge on any atom is 0.230 e. The van der Waals surface area contributed by atoms with E-state index in [4.69, 9.17) is 15.0 Å². The van der Waals surface area contributed by atoms with Crippen molar-refractivity contribution in [3.8, 4) is 0 Å². The molecule has 0 amide bonds. The summed E-state index contributed by atoms with van der Waals surface area (Å²) in [5.74, 6) is 3.87. The van der Waals surface area contributed by atoms with Gasteiger partial charge in [-0.25, -0.2) is 0 Å². The molecule has 2 unspecified atom stereocenters. The van der Waals surface area contributed by atoms with Gasteiger partial charge in [0.2, 0.25) is 5.89 Å². The van der Waals surface area contributed by atoms with E-state index in [0.717, 1.165) is 12.2 Å². The van der Waals surface area contributed by atoms with Gasteiger partial charge in [0.15, 0.2) is 5.82 Å². The van der Waals surface area contributed by atoms with E-state index >= 15 is 0 Å². The molecule has 1 aromatic heterocycles. The second-order valence-electron chi connectivity index (χ2n) is 4.37. The Morgan fingerprint density at radius 1 is 1.69 bits per heavy atom. The van der Waals surface area contributed by atoms with Crippen LogP contribution in [0.25, 0.3) is 0 Å². The zero-order valence-electron chi connectivity index (χ0n) is 9.60. The largest absolute Gasteiger partial charge is 0.382 e. The zero-order chi connectivity index (χ0) is 11.6. The number of nitrogens with two attached hydrogens (primary N) is 1. The van der Waals surface area contributed by atoms with Crippen LogP contribution >= 0.6 is 11.8 Å². The monoisotopic (exact) mass is 243 g/mol. The molecule has 5 nitrogen and oxygen atoms in total. The quantitative estimate of drug-likeness (QED) is 0.854. The predicted molar refractivity (Wildman–Crippen MR) is 62.4 cm³/mol. The van der Waals surface area contributed by atoms with Crippen molar-refractivity contribution >= 4 is 11.8 Å². The van der Waals surface area contributed by atoms with Gasteiger partial charge in [-0.3, -0.25) is 0 Å². The maximum absolute atomic E-state index is 6.05. The van der Waals surface area contributed by atoms with E-state index in [1.54, 1.807) is 7.11 Å². The Bertz CT molecular complexity index is 348. The van der Waals surface area contributed by atoms with Gasteiger partial charge in [-0.15, -0.1) is 0 Å². The molecule has 2 heterocycles. The highest BCUT2D eigenvalue weighted by Gasteiger charge is 2.30. The van der Waals surface area contributed by atoms with Gasteiger partial charge in [-0.05, 0) is 19.1 Å². The molecule has 0 aliphatic carbocycles. The van der Waals surface area contributed by atoms with Gasteiger partial charge in [-0.1, -0.05) is 5.16 Å². The van der Waals surface area contributed by atoms with Gasteiger partial charge in [0.25, 0.3) is 0 Å². The Kier molecular flexibility index (Phi) is 3.51. The first-order valence-corrected chi connectivity index (χ1v) is 6.48. The summed E-state index contributed by atoms with van der Waals surface area (Å²) in [6.45, 7) is 2.22. The van der Waals surface area contributed by atoms with Crippen molar-refractivity contribution < 1.29 is 9.26 Å². The Morgan fingerprint density at radius 2 is 2.50 bits per heavy atom. The van der Waals surface area contributed by atoms with E-state index in [2.05, 4.69) is 10.1 Å². The molecule has 90 valence electrons. The highest BCUT2D eigenvalue weighted by Crippen LogP contribution is 2.31. The molecule has 1 fully saturated rings. The summed E-state index contributed by atoms with van der Waals surface area (Å²) in [6.07, 6.45) is 1.11. The van der Waals surface area contributed by atoms with Crippen LogP contribution in [0.3, 0.4) is 0 Å². The number of methoxy groups -OCH3 is 1. The van der Waals surface area contributed by atoms with E-state index in [9.17, 15) is 0 Å². The topological polar surface area (TPSA) is 74.2 Å². The van der Waals surface area contributed by atoms with E-state index in [0.29, 0.717) is 24.2 Å². The van der Waals surface area contributed by atoms with Gasteiger partial charge >= 0.3 is 0 Å². The second kappa shape index (κ2) is 4.73. The minimum Gasteiger partial charge on any atom is -0.382 e. The predicted octanol–water partition coefficient (Wildman–Crippen LogP) is 1.11. The van der Waals surface area contributed by atoms with Crippen molar-refractivity contribution in [2.24, 2.45) is 5.73 Å². The molecule has 0 radical (unpaired) electrons. The number of hydrogen-bond acceptors (Lipinski definition) is 6. The zero-order valence-corrected chi connectivity index (χ0v) is 10.4. The lowest BCUT2D eigenvalue weighted by Gasteiger charge is -2.18. The molecule has 0 aromatic carbocycles. The molecule has 16 heavy (non-hydrogen) atoms. The number of thioether (sulfide) groups is 1. The van der Waals surface area contributed by atoms with Crippen LogP contribution in [0.1, 0.15) is 31.0 Å². The minimum atomic E-state index is -0.678. The molecule has 1 aliphatic heterocycles. The molecule has 0 saturated carbocycles. The molecule has 0 bridgehead atoms. The first-order chi connectivity index (χ1) is 7.63. The van der Waals surface area contributed by atoms with Gasteiger partial charge in [0.05, 0.1) is 6.61 Å². The summed E-state index contributed by atoms with van der Waals surface area (Å²) in [5, 5.41) is 3.95. The lowest BCUT2D eigenvalue weighted by atomic mass is 10.0. The standard InChI is InChI=1S/C10H17N3O2S/c1-10(11,6-14-2)9-12-8(15-13-9)7-3-4-16-5-7/h7H,3-6,11H2,1-2H3. The van der Waals surface area contributed by atoms with E-state index in [1.807, 2.05) is 18.7 Å². The van der Waals surface area contributed by atoms with Gasteiger partial charge in [0, 0.05) is 18.8 Å². The van der Waals surface area contributed by atoms with Crippen molar-refractivity contribution in [3.63, 3.8) is 0 Å². The Balaban J connectivity index is 2.12. The molecule has 1 aromatic rings. The fourth-order valence-electron chi connectivity index (χ4n) is 1.73. The molecular formula is C10H17N3O2S. The minimum absolute atomic E-state index is 0.380. The maximum atomic E-state index is 6.05. The molecule has 0 spiro atoms. The van der Waals surface area contributed by atoms with Crippen LogP contribution < -0.4 is 5.73 Å². The third kappa shape index (κ3) is 2.39. The van der Waals surface area contributed by atoms with Crippen molar-refractivity contribution in [1.29, 1.82) is 0 Å².